The van der Waals surface area contributed by atoms with E-state index in [0.29, 0.717) is 12.4 Å². The summed E-state index contributed by atoms with van der Waals surface area (Å²) in [6.07, 6.45) is 2.66. The molecule has 2 aliphatic heterocycles. The topological polar surface area (TPSA) is 57.1 Å². The number of piperidine rings is 1. The van der Waals surface area contributed by atoms with Crippen LogP contribution in [-0.4, -0.2) is 48.1 Å². The maximum atomic E-state index is 10.9. The molecule has 1 spiro atoms. The summed E-state index contributed by atoms with van der Waals surface area (Å²) in [5, 5.41) is 14.7. The molecule has 1 saturated heterocycles. The van der Waals surface area contributed by atoms with Gasteiger partial charge in [-0.2, -0.15) is 0 Å². The number of para-hydroxylation sites is 1. The second-order valence-electron chi connectivity index (χ2n) is 8.72. The molecule has 0 saturated carbocycles. The average Bonchev–Trinajstić information content (AvgIpc) is 2.74. The Labute approximate surface area is 179 Å². The van der Waals surface area contributed by atoms with E-state index in [9.17, 15) is 5.11 Å². The minimum Gasteiger partial charge on any atom is -0.504 e. The Bertz CT molecular complexity index is 945. The fourth-order valence-corrected chi connectivity index (χ4v) is 4.53. The smallest absolute Gasteiger partial charge is 0.162 e. The van der Waals surface area contributed by atoms with Gasteiger partial charge in [0.15, 0.2) is 11.5 Å². The number of hydrogen-bond acceptors (Lipinski definition) is 5. The minimum atomic E-state index is -0.294. The number of hydrogen-bond donors (Lipinski definition) is 2. The highest BCUT2D eigenvalue weighted by atomic mass is 16.5. The van der Waals surface area contributed by atoms with Gasteiger partial charge in [0.2, 0.25) is 0 Å². The van der Waals surface area contributed by atoms with Crippen molar-refractivity contribution in [2.45, 2.75) is 51.7 Å². The zero-order chi connectivity index (χ0) is 21.3. The molecule has 5 nitrogen and oxygen atoms in total. The molecule has 0 aliphatic carbocycles. The van der Waals surface area contributed by atoms with E-state index in [1.54, 1.807) is 0 Å². The molecule has 5 heteroatoms. The molecule has 0 amide bonds. The summed E-state index contributed by atoms with van der Waals surface area (Å²) in [5.41, 5.74) is 5.47. The quantitative estimate of drug-likeness (QED) is 0.791. The van der Waals surface area contributed by atoms with E-state index in [1.165, 1.54) is 16.7 Å². The van der Waals surface area contributed by atoms with Gasteiger partial charge in [0.1, 0.15) is 5.66 Å². The number of phenolic OH excluding ortho intramolecular Hbond substituents is 1. The third kappa shape index (κ3) is 4.09. The lowest BCUT2D eigenvalue weighted by Gasteiger charge is -2.44. The summed E-state index contributed by atoms with van der Waals surface area (Å²) in [6, 6.07) is 12.4. The number of nitrogens with one attached hydrogen (secondary N) is 1. The molecule has 4 rings (SSSR count). The van der Waals surface area contributed by atoms with Crippen LogP contribution < -0.4 is 10.1 Å². The minimum absolute atomic E-state index is 0.0112. The van der Waals surface area contributed by atoms with Crippen LogP contribution in [0, 0.1) is 13.8 Å². The Morgan fingerprint density at radius 2 is 1.93 bits per heavy atom. The van der Waals surface area contributed by atoms with Crippen molar-refractivity contribution in [2.75, 3.05) is 26.7 Å². The first kappa shape index (κ1) is 20.9. The van der Waals surface area contributed by atoms with E-state index in [1.807, 2.05) is 25.1 Å². The van der Waals surface area contributed by atoms with E-state index in [0.717, 1.165) is 43.6 Å². The van der Waals surface area contributed by atoms with E-state index < -0.39 is 0 Å². The summed E-state index contributed by atoms with van der Waals surface area (Å²) in [6.45, 7) is 8.77. The van der Waals surface area contributed by atoms with Gasteiger partial charge < -0.3 is 14.7 Å². The number of aryl methyl sites for hydroxylation is 2. The SMILES string of the molecule is CCOc1cccc([C@@H]2CC(c3ccc(C)c(C)c3)=NC3(CCN(C)CC3)N2)c1O. The van der Waals surface area contributed by atoms with Gasteiger partial charge in [-0.3, -0.25) is 10.3 Å². The van der Waals surface area contributed by atoms with Gasteiger partial charge in [0.05, 0.1) is 6.61 Å². The number of rotatable bonds is 4. The van der Waals surface area contributed by atoms with Crippen molar-refractivity contribution in [2.24, 2.45) is 4.99 Å². The van der Waals surface area contributed by atoms with Crippen LogP contribution in [0.3, 0.4) is 0 Å². The Kier molecular flexibility index (Phi) is 5.85. The molecule has 2 N–H and O–H groups in total. The number of likely N-dealkylation sites (tertiary alicyclic amines) is 1. The maximum Gasteiger partial charge on any atom is 0.162 e. The number of aromatic hydroxyl groups is 1. The van der Waals surface area contributed by atoms with Crippen molar-refractivity contribution in [1.82, 2.24) is 10.2 Å². The lowest BCUT2D eigenvalue weighted by atomic mass is 9.87. The van der Waals surface area contributed by atoms with Gasteiger partial charge in [0.25, 0.3) is 0 Å². The predicted octanol–water partition coefficient (Wildman–Crippen LogP) is 4.35. The molecule has 160 valence electrons. The van der Waals surface area contributed by atoms with Gasteiger partial charge in [-0.25, -0.2) is 0 Å². The van der Waals surface area contributed by atoms with Crippen molar-refractivity contribution >= 4 is 5.71 Å². The van der Waals surface area contributed by atoms with Crippen molar-refractivity contribution in [3.05, 3.63) is 58.7 Å². The Hall–Kier alpha value is -2.37. The van der Waals surface area contributed by atoms with Crippen LogP contribution in [0.25, 0.3) is 0 Å². The third-order valence-electron chi connectivity index (χ3n) is 6.55. The van der Waals surface area contributed by atoms with Crippen LogP contribution in [0.5, 0.6) is 11.5 Å². The van der Waals surface area contributed by atoms with Gasteiger partial charge in [-0.05, 0) is 69.5 Å². The fraction of sp³-hybridized carbons (Fsp3) is 0.480. The van der Waals surface area contributed by atoms with E-state index >= 15 is 0 Å². The van der Waals surface area contributed by atoms with Crippen LogP contribution in [0.15, 0.2) is 41.4 Å². The molecular weight excluding hydrogens is 374 g/mol. The first-order valence-corrected chi connectivity index (χ1v) is 11.0. The van der Waals surface area contributed by atoms with E-state index in [-0.39, 0.29) is 17.5 Å². The molecule has 0 radical (unpaired) electrons. The lowest BCUT2D eigenvalue weighted by molar-refractivity contribution is 0.144. The largest absolute Gasteiger partial charge is 0.504 e. The number of nitrogens with zero attached hydrogens (tertiary/aromatic N) is 2. The number of ether oxygens (including phenoxy) is 1. The highest BCUT2D eigenvalue weighted by molar-refractivity contribution is 6.02. The fourth-order valence-electron chi connectivity index (χ4n) is 4.53. The standard InChI is InChI=1S/C25H33N3O2/c1-5-30-23-8-6-7-20(24(23)29)22-16-21(19-10-9-17(2)18(3)15-19)26-25(27-22)11-13-28(4)14-12-25/h6-10,15,22,27,29H,5,11-14,16H2,1-4H3/t22-/m0/s1. The normalized spacial score (nSPS) is 21.5. The van der Waals surface area contributed by atoms with Crippen LogP contribution in [0.2, 0.25) is 0 Å². The summed E-state index contributed by atoms with van der Waals surface area (Å²) in [7, 11) is 2.17. The summed E-state index contributed by atoms with van der Waals surface area (Å²) in [5.74, 6) is 0.783. The van der Waals surface area contributed by atoms with Gasteiger partial charge in [-0.15, -0.1) is 0 Å². The Morgan fingerprint density at radius 1 is 1.17 bits per heavy atom. The highest BCUT2D eigenvalue weighted by Gasteiger charge is 2.40. The Morgan fingerprint density at radius 3 is 2.63 bits per heavy atom. The van der Waals surface area contributed by atoms with Crippen LogP contribution in [0.4, 0.5) is 0 Å². The van der Waals surface area contributed by atoms with Gasteiger partial charge in [-0.1, -0.05) is 24.3 Å². The second-order valence-corrected chi connectivity index (χ2v) is 8.72. The highest BCUT2D eigenvalue weighted by Crippen LogP contribution is 2.40. The zero-order valence-electron chi connectivity index (χ0n) is 18.5. The molecule has 0 aromatic heterocycles. The zero-order valence-corrected chi connectivity index (χ0v) is 18.5. The molecule has 0 bridgehead atoms. The molecule has 1 fully saturated rings. The van der Waals surface area contributed by atoms with Crippen molar-refractivity contribution in [1.29, 1.82) is 0 Å². The Balaban J connectivity index is 1.74. The average molecular weight is 408 g/mol. The lowest BCUT2D eigenvalue weighted by Crippen LogP contribution is -2.55. The molecular formula is C25H33N3O2. The first-order chi connectivity index (χ1) is 14.4. The monoisotopic (exact) mass is 407 g/mol. The molecule has 2 aromatic rings. The predicted molar refractivity (Wildman–Crippen MR) is 122 cm³/mol. The van der Waals surface area contributed by atoms with Gasteiger partial charge in [0, 0.05) is 36.8 Å². The molecule has 2 aliphatic rings. The van der Waals surface area contributed by atoms with Crippen LogP contribution in [-0.2, 0) is 0 Å². The number of benzene rings is 2. The van der Waals surface area contributed by atoms with E-state index in [2.05, 4.69) is 49.3 Å². The third-order valence-corrected chi connectivity index (χ3v) is 6.55. The molecule has 30 heavy (non-hydrogen) atoms. The molecule has 2 aromatic carbocycles. The summed E-state index contributed by atoms with van der Waals surface area (Å²) in [4.78, 5) is 7.63. The van der Waals surface area contributed by atoms with Gasteiger partial charge >= 0.3 is 0 Å². The second kappa shape index (κ2) is 8.40. The first-order valence-electron chi connectivity index (χ1n) is 11.0. The molecule has 0 unspecified atom stereocenters. The number of phenols is 1. The van der Waals surface area contributed by atoms with Crippen molar-refractivity contribution < 1.29 is 9.84 Å². The van der Waals surface area contributed by atoms with E-state index in [4.69, 9.17) is 9.73 Å². The van der Waals surface area contributed by atoms with Crippen LogP contribution in [0.1, 0.15) is 54.5 Å². The molecule has 1 atom stereocenters. The van der Waals surface area contributed by atoms with Crippen molar-refractivity contribution in [3.63, 3.8) is 0 Å². The number of aliphatic imine (C=N–C) groups is 1. The van der Waals surface area contributed by atoms with Crippen LogP contribution >= 0.6 is 0 Å². The summed E-state index contributed by atoms with van der Waals surface area (Å²) >= 11 is 0. The summed E-state index contributed by atoms with van der Waals surface area (Å²) < 4.78 is 5.64. The molecule has 2 heterocycles. The maximum absolute atomic E-state index is 10.9. The van der Waals surface area contributed by atoms with Crippen molar-refractivity contribution in [3.8, 4) is 11.5 Å².